The van der Waals surface area contributed by atoms with E-state index in [4.69, 9.17) is 16.0 Å². The van der Waals surface area contributed by atoms with Crippen LogP contribution in [0.2, 0.25) is 5.02 Å². The topological polar surface area (TPSA) is 94.1 Å². The molecule has 2 unspecified atom stereocenters. The number of fused-ring (bicyclic) bond motifs is 1. The smallest absolute Gasteiger partial charge is 0.197 e. The molecule has 0 saturated carbocycles. The number of aliphatic hydroxyl groups is 1. The Morgan fingerprint density at radius 1 is 1.28 bits per heavy atom. The first kappa shape index (κ1) is 20.5. The van der Waals surface area contributed by atoms with Gasteiger partial charge in [-0.2, -0.15) is 0 Å². The summed E-state index contributed by atoms with van der Waals surface area (Å²) >= 11 is 8.51. The van der Waals surface area contributed by atoms with Gasteiger partial charge in [0, 0.05) is 38.8 Å². The lowest BCUT2D eigenvalue weighted by Gasteiger charge is -2.24. The molecule has 1 aliphatic heterocycles. The van der Waals surface area contributed by atoms with Gasteiger partial charge in [-0.3, -0.25) is 4.79 Å². The van der Waals surface area contributed by atoms with E-state index >= 15 is 0 Å². The lowest BCUT2D eigenvalue weighted by Crippen LogP contribution is -2.32. The Kier molecular flexibility index (Phi) is 5.50. The number of phenolic OH excluding ortho intramolecular Hbond substituents is 2. The van der Waals surface area contributed by atoms with Crippen LogP contribution in [0.15, 0.2) is 39.5 Å². The first-order valence-corrected chi connectivity index (χ1v) is 10.6. The summed E-state index contributed by atoms with van der Waals surface area (Å²) in [5.74, 6) is -0.507. The molecule has 0 radical (unpaired) electrons. The van der Waals surface area contributed by atoms with Gasteiger partial charge in [-0.1, -0.05) is 17.7 Å². The Bertz CT molecular complexity index is 1160. The van der Waals surface area contributed by atoms with Crippen LogP contribution in [-0.2, 0) is 0 Å². The largest absolute Gasteiger partial charge is 0.507 e. The monoisotopic (exact) mass is 527 g/mol. The van der Waals surface area contributed by atoms with Gasteiger partial charge >= 0.3 is 0 Å². The van der Waals surface area contributed by atoms with E-state index in [1.807, 2.05) is 24.1 Å². The number of phenols is 2. The number of aliphatic hydroxyl groups excluding tert-OH is 1. The van der Waals surface area contributed by atoms with Crippen molar-refractivity contribution >= 4 is 45.2 Å². The third-order valence-corrected chi connectivity index (χ3v) is 7.22. The van der Waals surface area contributed by atoms with Crippen molar-refractivity contribution in [1.29, 1.82) is 0 Å². The molecule has 2 atom stereocenters. The standard InChI is InChI=1S/C21H19ClINO5/c1-24-6-5-10(13(24)9-25)18-14(26)7-15(27)19-16(28)8-17(29-21(18)19)11-3-2-4-12(23)20(11)22/h2-4,7-8,10,13,25-27H,5-6,9H2,1H3. The second-order valence-electron chi connectivity index (χ2n) is 7.23. The molecule has 3 N–H and O–H groups in total. The van der Waals surface area contributed by atoms with Crippen molar-refractivity contribution in [2.24, 2.45) is 0 Å². The number of halogens is 2. The van der Waals surface area contributed by atoms with Gasteiger partial charge in [-0.05, 0) is 54.7 Å². The number of benzene rings is 2. The maximum absolute atomic E-state index is 12.9. The summed E-state index contributed by atoms with van der Waals surface area (Å²) in [7, 11) is 1.90. The van der Waals surface area contributed by atoms with E-state index in [1.165, 1.54) is 12.1 Å². The second-order valence-corrected chi connectivity index (χ2v) is 8.77. The minimum atomic E-state index is -0.429. The van der Waals surface area contributed by atoms with Gasteiger partial charge < -0.3 is 24.6 Å². The Morgan fingerprint density at radius 3 is 2.76 bits per heavy atom. The van der Waals surface area contributed by atoms with Crippen molar-refractivity contribution in [3.8, 4) is 22.8 Å². The van der Waals surface area contributed by atoms with Gasteiger partial charge in [0.1, 0.15) is 28.2 Å². The SMILES string of the molecule is CN1CCC(c2c(O)cc(O)c3c(=O)cc(-c4cccc(I)c4Cl)oc23)C1CO. The lowest BCUT2D eigenvalue weighted by atomic mass is 9.89. The van der Waals surface area contributed by atoms with Gasteiger partial charge in [0.25, 0.3) is 0 Å². The number of nitrogens with zero attached hydrogens (tertiary/aromatic N) is 1. The Balaban J connectivity index is 2.03. The fourth-order valence-electron chi connectivity index (χ4n) is 4.12. The van der Waals surface area contributed by atoms with E-state index in [1.54, 1.807) is 6.07 Å². The number of hydrogen-bond acceptors (Lipinski definition) is 6. The summed E-state index contributed by atoms with van der Waals surface area (Å²) in [5, 5.41) is 31.3. The fourth-order valence-corrected chi connectivity index (χ4v) is 4.84. The number of hydrogen-bond donors (Lipinski definition) is 3. The van der Waals surface area contributed by atoms with Crippen LogP contribution in [0.5, 0.6) is 11.5 Å². The number of rotatable bonds is 3. The summed E-state index contributed by atoms with van der Waals surface area (Å²) in [6.07, 6.45) is 0.674. The van der Waals surface area contributed by atoms with Crippen LogP contribution in [0.4, 0.5) is 0 Å². The van der Waals surface area contributed by atoms with E-state index < -0.39 is 5.43 Å². The van der Waals surface area contributed by atoms with Crippen molar-refractivity contribution in [1.82, 2.24) is 4.90 Å². The molecule has 4 rings (SSSR count). The van der Waals surface area contributed by atoms with Crippen LogP contribution in [0.3, 0.4) is 0 Å². The summed E-state index contributed by atoms with van der Waals surface area (Å²) in [6.45, 7) is 0.625. The molecular formula is C21H19ClINO5. The highest BCUT2D eigenvalue weighted by atomic mass is 127. The first-order valence-electron chi connectivity index (χ1n) is 9.11. The van der Waals surface area contributed by atoms with Crippen molar-refractivity contribution in [2.75, 3.05) is 20.2 Å². The third-order valence-electron chi connectivity index (χ3n) is 5.60. The molecule has 0 aliphatic carbocycles. The van der Waals surface area contributed by atoms with E-state index in [0.29, 0.717) is 22.6 Å². The lowest BCUT2D eigenvalue weighted by molar-refractivity contribution is 0.172. The molecule has 29 heavy (non-hydrogen) atoms. The molecule has 6 nitrogen and oxygen atoms in total. The molecule has 2 heterocycles. The van der Waals surface area contributed by atoms with Crippen LogP contribution >= 0.6 is 34.2 Å². The van der Waals surface area contributed by atoms with Crippen molar-refractivity contribution in [3.63, 3.8) is 0 Å². The molecule has 2 aromatic carbocycles. The van der Waals surface area contributed by atoms with Gasteiger partial charge in [0.2, 0.25) is 0 Å². The quantitative estimate of drug-likeness (QED) is 0.447. The van der Waals surface area contributed by atoms with Gasteiger partial charge in [-0.15, -0.1) is 0 Å². The zero-order valence-corrected chi connectivity index (χ0v) is 18.4. The highest BCUT2D eigenvalue weighted by Crippen LogP contribution is 2.44. The van der Waals surface area contributed by atoms with Gasteiger partial charge in [-0.25, -0.2) is 0 Å². The molecule has 0 bridgehead atoms. The van der Waals surface area contributed by atoms with Crippen LogP contribution in [0, 0.1) is 3.57 Å². The average Bonchev–Trinajstić information content (AvgIpc) is 3.03. The van der Waals surface area contributed by atoms with Crippen LogP contribution in [-0.4, -0.2) is 46.5 Å². The molecule has 3 aromatic rings. The number of likely N-dealkylation sites (N-methyl/N-ethyl adjacent to an activating group) is 1. The highest BCUT2D eigenvalue weighted by molar-refractivity contribution is 14.1. The van der Waals surface area contributed by atoms with Crippen molar-refractivity contribution in [3.05, 3.63) is 54.7 Å². The molecule has 1 fully saturated rings. The first-order chi connectivity index (χ1) is 13.8. The maximum atomic E-state index is 12.9. The second kappa shape index (κ2) is 7.79. The zero-order valence-electron chi connectivity index (χ0n) is 15.5. The van der Waals surface area contributed by atoms with Crippen molar-refractivity contribution < 1.29 is 19.7 Å². The summed E-state index contributed by atoms with van der Waals surface area (Å²) in [5.41, 5.74) is 0.663. The molecule has 1 saturated heterocycles. The van der Waals surface area contributed by atoms with Gasteiger partial charge in [0.05, 0.1) is 11.6 Å². The molecule has 152 valence electrons. The van der Waals surface area contributed by atoms with Gasteiger partial charge in [0.15, 0.2) is 5.43 Å². The van der Waals surface area contributed by atoms with Crippen LogP contribution < -0.4 is 5.43 Å². The fraction of sp³-hybridized carbons (Fsp3) is 0.286. The van der Waals surface area contributed by atoms with Crippen LogP contribution in [0.1, 0.15) is 17.9 Å². The summed E-state index contributed by atoms with van der Waals surface area (Å²) in [4.78, 5) is 14.9. The van der Waals surface area contributed by atoms with Crippen molar-refractivity contribution in [2.45, 2.75) is 18.4 Å². The predicted octanol–water partition coefficient (Wildman–Crippen LogP) is 3.91. The zero-order chi connectivity index (χ0) is 20.9. The molecule has 0 spiro atoms. The summed E-state index contributed by atoms with van der Waals surface area (Å²) in [6, 6.07) is 7.63. The Morgan fingerprint density at radius 2 is 2.03 bits per heavy atom. The Labute approximate surface area is 185 Å². The predicted molar refractivity (Wildman–Crippen MR) is 120 cm³/mol. The Hall–Kier alpha value is -1.81. The average molecular weight is 528 g/mol. The van der Waals surface area contributed by atoms with E-state index in [0.717, 1.165) is 10.1 Å². The minimum Gasteiger partial charge on any atom is -0.507 e. The van der Waals surface area contributed by atoms with E-state index in [-0.39, 0.29) is 46.8 Å². The molecule has 8 heteroatoms. The number of aromatic hydroxyl groups is 2. The maximum Gasteiger partial charge on any atom is 0.197 e. The van der Waals surface area contributed by atoms with E-state index in [9.17, 15) is 20.1 Å². The number of likely N-dealkylation sites (tertiary alicyclic amines) is 1. The van der Waals surface area contributed by atoms with Crippen LogP contribution in [0.25, 0.3) is 22.3 Å². The summed E-state index contributed by atoms with van der Waals surface area (Å²) < 4.78 is 6.90. The third kappa shape index (κ3) is 3.39. The molecule has 1 aliphatic rings. The molecule has 0 amide bonds. The normalized spacial score (nSPS) is 19.9. The molecule has 1 aromatic heterocycles. The van der Waals surface area contributed by atoms with E-state index in [2.05, 4.69) is 22.6 Å². The molecular weight excluding hydrogens is 509 g/mol. The minimum absolute atomic E-state index is 0.00884. The highest BCUT2D eigenvalue weighted by Gasteiger charge is 2.36.